The molecule has 0 spiro atoms. The monoisotopic (exact) mass is 411 g/mol. The molecule has 0 bridgehead atoms. The molecule has 7 heteroatoms. The van der Waals surface area contributed by atoms with Gasteiger partial charge in [-0.25, -0.2) is 0 Å². The zero-order chi connectivity index (χ0) is 22.3. The zero-order valence-electron chi connectivity index (χ0n) is 17.9. The molecule has 2 atom stereocenters. The molecule has 0 radical (unpaired) electrons. The number of nitro groups is 1. The van der Waals surface area contributed by atoms with E-state index in [0.717, 1.165) is 17.5 Å². The number of hydrogen-bond donors (Lipinski definition) is 1. The van der Waals surface area contributed by atoms with E-state index in [9.17, 15) is 19.7 Å². The van der Waals surface area contributed by atoms with Crippen molar-refractivity contribution in [3.8, 4) is 0 Å². The normalized spacial score (nSPS) is 12.7. The van der Waals surface area contributed by atoms with Gasteiger partial charge in [0.1, 0.15) is 6.04 Å². The minimum absolute atomic E-state index is 0.00788. The Labute approximate surface area is 177 Å². The van der Waals surface area contributed by atoms with Crippen LogP contribution in [0.3, 0.4) is 0 Å². The Morgan fingerprint density at radius 2 is 1.73 bits per heavy atom. The van der Waals surface area contributed by atoms with Crippen LogP contribution in [0.1, 0.15) is 43.9 Å². The first kappa shape index (κ1) is 23.1. The van der Waals surface area contributed by atoms with Gasteiger partial charge in [-0.1, -0.05) is 55.0 Å². The minimum atomic E-state index is -0.712. The first-order valence-corrected chi connectivity index (χ1v) is 10.1. The molecule has 2 amide bonds. The van der Waals surface area contributed by atoms with E-state index in [4.69, 9.17) is 0 Å². The van der Waals surface area contributed by atoms with Crippen LogP contribution in [0.5, 0.6) is 0 Å². The number of para-hydroxylation sites is 1. The number of aryl methyl sites for hydroxylation is 1. The first-order chi connectivity index (χ1) is 14.2. The Hall–Kier alpha value is -3.22. The Morgan fingerprint density at radius 3 is 2.33 bits per heavy atom. The molecule has 0 unspecified atom stereocenters. The maximum Gasteiger partial charge on any atom is 0.273 e. The molecule has 0 aliphatic heterocycles. The van der Waals surface area contributed by atoms with Gasteiger partial charge in [-0.05, 0) is 32.8 Å². The first-order valence-electron chi connectivity index (χ1n) is 10.1. The number of rotatable bonds is 9. The van der Waals surface area contributed by atoms with E-state index in [1.165, 1.54) is 11.0 Å². The highest BCUT2D eigenvalue weighted by atomic mass is 16.6. The molecular weight excluding hydrogens is 382 g/mol. The van der Waals surface area contributed by atoms with Crippen molar-refractivity contribution in [1.82, 2.24) is 10.2 Å². The average molecular weight is 412 g/mol. The summed E-state index contributed by atoms with van der Waals surface area (Å²) in [6.45, 7) is 7.78. The second kappa shape index (κ2) is 10.5. The van der Waals surface area contributed by atoms with E-state index in [-0.39, 0.29) is 36.5 Å². The third-order valence-electron chi connectivity index (χ3n) is 5.17. The lowest BCUT2D eigenvalue weighted by atomic mass is 10.1. The third kappa shape index (κ3) is 6.14. The number of benzene rings is 2. The van der Waals surface area contributed by atoms with Crippen molar-refractivity contribution in [2.75, 3.05) is 0 Å². The molecule has 2 rings (SSSR count). The summed E-state index contributed by atoms with van der Waals surface area (Å²) in [5, 5.41) is 14.2. The number of hydrogen-bond acceptors (Lipinski definition) is 4. The van der Waals surface area contributed by atoms with Crippen molar-refractivity contribution in [1.29, 1.82) is 0 Å². The molecule has 0 aromatic heterocycles. The Morgan fingerprint density at radius 1 is 1.10 bits per heavy atom. The lowest BCUT2D eigenvalue weighted by Gasteiger charge is -2.29. The van der Waals surface area contributed by atoms with Gasteiger partial charge in [0.15, 0.2) is 0 Å². The Kier molecular flexibility index (Phi) is 8.09. The molecule has 2 aromatic rings. The van der Waals surface area contributed by atoms with Gasteiger partial charge in [-0.3, -0.25) is 19.7 Å². The third-order valence-corrected chi connectivity index (χ3v) is 5.17. The average Bonchev–Trinajstić information content (AvgIpc) is 2.72. The molecule has 0 heterocycles. The largest absolute Gasteiger partial charge is 0.352 e. The van der Waals surface area contributed by atoms with E-state index in [0.29, 0.717) is 5.56 Å². The fourth-order valence-electron chi connectivity index (χ4n) is 3.04. The molecule has 0 aliphatic carbocycles. The molecule has 160 valence electrons. The highest BCUT2D eigenvalue weighted by Gasteiger charge is 2.28. The number of nitrogens with zero attached hydrogens (tertiary/aromatic N) is 2. The highest BCUT2D eigenvalue weighted by Crippen LogP contribution is 2.20. The second-order valence-electron chi connectivity index (χ2n) is 7.56. The summed E-state index contributed by atoms with van der Waals surface area (Å²) in [7, 11) is 0. The van der Waals surface area contributed by atoms with Crippen LogP contribution in [-0.2, 0) is 22.6 Å². The summed E-state index contributed by atoms with van der Waals surface area (Å²) < 4.78 is 0. The van der Waals surface area contributed by atoms with Crippen LogP contribution in [0.4, 0.5) is 5.69 Å². The smallest absolute Gasteiger partial charge is 0.273 e. The lowest BCUT2D eigenvalue weighted by molar-refractivity contribution is -0.385. The van der Waals surface area contributed by atoms with Crippen LogP contribution in [0.25, 0.3) is 0 Å². The fraction of sp³-hybridized carbons (Fsp3) is 0.391. The molecular formula is C23H29N3O4. The summed E-state index contributed by atoms with van der Waals surface area (Å²) in [5.74, 6) is -0.580. The highest BCUT2D eigenvalue weighted by molar-refractivity contribution is 5.88. The zero-order valence-corrected chi connectivity index (χ0v) is 17.9. The maximum atomic E-state index is 13.2. The Bertz CT molecular complexity index is 896. The quantitative estimate of drug-likeness (QED) is 0.502. The van der Waals surface area contributed by atoms with E-state index >= 15 is 0 Å². The summed E-state index contributed by atoms with van der Waals surface area (Å²) in [6, 6.07) is 13.2. The van der Waals surface area contributed by atoms with Crippen molar-refractivity contribution >= 4 is 17.5 Å². The second-order valence-corrected chi connectivity index (χ2v) is 7.56. The SMILES string of the molecule is CC[C@@H](C)NC(=O)[C@H](C)N(Cc1ccc(C)cc1)C(=O)Cc1ccccc1[N+](=O)[O-]. The molecule has 2 aromatic carbocycles. The van der Waals surface area contributed by atoms with Crippen molar-refractivity contribution in [2.24, 2.45) is 0 Å². The van der Waals surface area contributed by atoms with Crippen LogP contribution >= 0.6 is 0 Å². The van der Waals surface area contributed by atoms with Gasteiger partial charge in [-0.15, -0.1) is 0 Å². The lowest BCUT2D eigenvalue weighted by Crippen LogP contribution is -2.49. The van der Waals surface area contributed by atoms with Crippen LogP contribution in [0.2, 0.25) is 0 Å². The Balaban J connectivity index is 2.29. The van der Waals surface area contributed by atoms with Crippen LogP contribution in [0, 0.1) is 17.0 Å². The molecule has 30 heavy (non-hydrogen) atoms. The number of carbonyl (C=O) groups is 2. The van der Waals surface area contributed by atoms with Crippen molar-refractivity contribution < 1.29 is 14.5 Å². The summed E-state index contributed by atoms with van der Waals surface area (Å²) in [5.41, 5.74) is 2.22. The molecule has 7 nitrogen and oxygen atoms in total. The summed E-state index contributed by atoms with van der Waals surface area (Å²) >= 11 is 0. The van der Waals surface area contributed by atoms with E-state index in [1.807, 2.05) is 45.0 Å². The molecule has 0 aliphatic rings. The van der Waals surface area contributed by atoms with E-state index < -0.39 is 11.0 Å². The number of nitrogens with one attached hydrogen (secondary N) is 1. The van der Waals surface area contributed by atoms with Crippen LogP contribution < -0.4 is 5.32 Å². The molecule has 0 fully saturated rings. The van der Waals surface area contributed by atoms with Crippen molar-refractivity contribution in [2.45, 2.75) is 59.2 Å². The molecule has 0 saturated carbocycles. The van der Waals surface area contributed by atoms with E-state index in [2.05, 4.69) is 5.32 Å². The van der Waals surface area contributed by atoms with Crippen LogP contribution in [-0.4, -0.2) is 33.7 Å². The minimum Gasteiger partial charge on any atom is -0.352 e. The topological polar surface area (TPSA) is 92.6 Å². The van der Waals surface area contributed by atoms with Crippen LogP contribution in [0.15, 0.2) is 48.5 Å². The van der Waals surface area contributed by atoms with Gasteiger partial charge in [0.2, 0.25) is 11.8 Å². The number of amides is 2. The predicted molar refractivity (Wildman–Crippen MR) is 116 cm³/mol. The van der Waals surface area contributed by atoms with Gasteiger partial charge in [0, 0.05) is 24.2 Å². The fourth-order valence-corrected chi connectivity index (χ4v) is 3.04. The predicted octanol–water partition coefficient (Wildman–Crippen LogP) is 3.78. The van der Waals surface area contributed by atoms with Gasteiger partial charge in [-0.2, -0.15) is 0 Å². The van der Waals surface area contributed by atoms with Gasteiger partial charge >= 0.3 is 0 Å². The van der Waals surface area contributed by atoms with Gasteiger partial charge < -0.3 is 10.2 Å². The summed E-state index contributed by atoms with van der Waals surface area (Å²) in [4.78, 5) is 38.2. The van der Waals surface area contributed by atoms with Gasteiger partial charge in [0.05, 0.1) is 11.3 Å². The molecule has 1 N–H and O–H groups in total. The van der Waals surface area contributed by atoms with E-state index in [1.54, 1.807) is 25.1 Å². The number of nitro benzene ring substituents is 1. The van der Waals surface area contributed by atoms with Crippen molar-refractivity contribution in [3.05, 3.63) is 75.3 Å². The maximum absolute atomic E-state index is 13.2. The summed E-state index contributed by atoms with van der Waals surface area (Å²) in [6.07, 6.45) is 0.630. The van der Waals surface area contributed by atoms with Crippen molar-refractivity contribution in [3.63, 3.8) is 0 Å². The standard InChI is InChI=1S/C23H29N3O4/c1-5-17(3)24-23(28)18(4)25(15-19-12-10-16(2)11-13-19)22(27)14-20-8-6-7-9-21(20)26(29)30/h6-13,17-18H,5,14-15H2,1-4H3,(H,24,28)/t17-,18+/m1/s1. The van der Waals surface area contributed by atoms with Gasteiger partial charge in [0.25, 0.3) is 5.69 Å². The molecule has 0 saturated heterocycles. The number of carbonyl (C=O) groups excluding carboxylic acids is 2.